The summed E-state index contributed by atoms with van der Waals surface area (Å²) in [5.41, 5.74) is 0. The number of esters is 2. The van der Waals surface area contributed by atoms with Crippen LogP contribution in [0.25, 0.3) is 0 Å². The summed E-state index contributed by atoms with van der Waals surface area (Å²) in [7, 11) is 0. The molecule has 52 heavy (non-hydrogen) atoms. The molecule has 0 aliphatic rings. The molecule has 0 rings (SSSR count). The predicted molar refractivity (Wildman–Crippen MR) is 224 cm³/mol. The van der Waals surface area contributed by atoms with Crippen molar-refractivity contribution in [2.45, 2.75) is 219 Å². The van der Waals surface area contributed by atoms with Gasteiger partial charge in [-0.2, -0.15) is 0 Å². The third-order valence-electron chi connectivity index (χ3n) is 9.38. The molecule has 302 valence electrons. The van der Waals surface area contributed by atoms with Crippen molar-refractivity contribution >= 4 is 11.9 Å². The predicted octanol–water partition coefficient (Wildman–Crippen LogP) is 14.4. The van der Waals surface area contributed by atoms with Gasteiger partial charge in [-0.3, -0.25) is 9.59 Å². The van der Waals surface area contributed by atoms with Gasteiger partial charge in [-0.15, -0.1) is 0 Å². The zero-order chi connectivity index (χ0) is 37.8. The molecule has 0 aliphatic carbocycles. The molecule has 0 bridgehead atoms. The second-order valence-electron chi connectivity index (χ2n) is 14.6. The highest BCUT2D eigenvalue weighted by atomic mass is 16.6. The molecule has 0 aromatic rings. The van der Waals surface area contributed by atoms with Gasteiger partial charge in [0.25, 0.3) is 0 Å². The van der Waals surface area contributed by atoms with Crippen molar-refractivity contribution < 1.29 is 23.8 Å². The summed E-state index contributed by atoms with van der Waals surface area (Å²) < 4.78 is 17.2. The molecular formula is C47H84O5. The lowest BCUT2D eigenvalue weighted by molar-refractivity contribution is -0.163. The molecule has 5 heteroatoms. The number of allylic oxidation sites excluding steroid dienone is 8. The van der Waals surface area contributed by atoms with Gasteiger partial charge in [-0.1, -0.05) is 191 Å². The molecule has 0 saturated heterocycles. The molecule has 0 N–H and O–H groups in total. The summed E-state index contributed by atoms with van der Waals surface area (Å²) in [6.45, 7) is 7.63. The number of ether oxygens (including phenoxy) is 3. The number of carbonyl (C=O) groups is 2. The van der Waals surface area contributed by atoms with Gasteiger partial charge >= 0.3 is 11.9 Å². The van der Waals surface area contributed by atoms with Gasteiger partial charge in [-0.05, 0) is 57.8 Å². The Morgan fingerprint density at radius 3 is 1.38 bits per heavy atom. The Morgan fingerprint density at radius 1 is 0.442 bits per heavy atom. The van der Waals surface area contributed by atoms with Crippen LogP contribution in [0.3, 0.4) is 0 Å². The second kappa shape index (κ2) is 43.3. The fraction of sp³-hybridized carbons (Fsp3) is 0.787. The fourth-order valence-electron chi connectivity index (χ4n) is 6.09. The van der Waals surface area contributed by atoms with Gasteiger partial charge in [0.1, 0.15) is 6.61 Å². The molecular weight excluding hydrogens is 645 g/mol. The zero-order valence-corrected chi connectivity index (χ0v) is 34.6. The zero-order valence-electron chi connectivity index (χ0n) is 34.6. The van der Waals surface area contributed by atoms with E-state index in [1.807, 2.05) is 0 Å². The first-order valence-corrected chi connectivity index (χ1v) is 22.2. The highest BCUT2D eigenvalue weighted by Gasteiger charge is 2.17. The van der Waals surface area contributed by atoms with E-state index in [1.54, 1.807) is 0 Å². The normalized spacial score (nSPS) is 12.6. The molecule has 1 atom stereocenters. The van der Waals surface area contributed by atoms with Crippen LogP contribution >= 0.6 is 0 Å². The van der Waals surface area contributed by atoms with Gasteiger partial charge in [-0.25, -0.2) is 0 Å². The number of unbranched alkanes of at least 4 members (excludes halogenated alkanes) is 21. The molecule has 0 aromatic carbocycles. The fourth-order valence-corrected chi connectivity index (χ4v) is 6.09. The van der Waals surface area contributed by atoms with Gasteiger partial charge in [0.2, 0.25) is 0 Å². The van der Waals surface area contributed by atoms with E-state index in [0.29, 0.717) is 19.4 Å². The van der Waals surface area contributed by atoms with Crippen LogP contribution in [0.2, 0.25) is 0 Å². The Bertz CT molecular complexity index is 873. The Hall–Kier alpha value is -2.14. The molecule has 0 aliphatic heterocycles. The van der Waals surface area contributed by atoms with Gasteiger partial charge < -0.3 is 14.2 Å². The van der Waals surface area contributed by atoms with Crippen LogP contribution in [0.15, 0.2) is 48.6 Å². The highest BCUT2D eigenvalue weighted by molar-refractivity contribution is 5.70. The third-order valence-corrected chi connectivity index (χ3v) is 9.38. The molecule has 5 nitrogen and oxygen atoms in total. The summed E-state index contributed by atoms with van der Waals surface area (Å²) in [5, 5.41) is 0. The number of carbonyl (C=O) groups excluding carboxylic acids is 2. The molecule has 0 spiro atoms. The van der Waals surface area contributed by atoms with Crippen molar-refractivity contribution in [3.63, 3.8) is 0 Å². The summed E-state index contributed by atoms with van der Waals surface area (Å²) in [4.78, 5) is 25.0. The van der Waals surface area contributed by atoms with Gasteiger partial charge in [0, 0.05) is 19.4 Å². The average molecular weight is 729 g/mol. The van der Waals surface area contributed by atoms with E-state index in [2.05, 4.69) is 69.4 Å². The smallest absolute Gasteiger partial charge is 0.306 e. The number of rotatable bonds is 40. The van der Waals surface area contributed by atoms with Gasteiger partial charge in [0.15, 0.2) is 6.10 Å². The maximum Gasteiger partial charge on any atom is 0.306 e. The van der Waals surface area contributed by atoms with Crippen LogP contribution in [0.5, 0.6) is 0 Å². The van der Waals surface area contributed by atoms with E-state index in [4.69, 9.17) is 14.2 Å². The monoisotopic (exact) mass is 729 g/mol. The first-order valence-electron chi connectivity index (χ1n) is 22.2. The summed E-state index contributed by atoms with van der Waals surface area (Å²) in [6, 6.07) is 0. The topological polar surface area (TPSA) is 61.8 Å². The van der Waals surface area contributed by atoms with Crippen molar-refractivity contribution in [1.82, 2.24) is 0 Å². The molecule has 0 fully saturated rings. The molecule has 0 heterocycles. The Balaban J connectivity index is 4.10. The molecule has 1 unspecified atom stereocenters. The van der Waals surface area contributed by atoms with Crippen LogP contribution in [0, 0.1) is 0 Å². The largest absolute Gasteiger partial charge is 0.462 e. The van der Waals surface area contributed by atoms with Crippen molar-refractivity contribution in [3.8, 4) is 0 Å². The summed E-state index contributed by atoms with van der Waals surface area (Å²) in [5.74, 6) is -0.433. The maximum atomic E-state index is 12.5. The first-order chi connectivity index (χ1) is 25.6. The van der Waals surface area contributed by atoms with Gasteiger partial charge in [0.05, 0.1) is 6.61 Å². The van der Waals surface area contributed by atoms with Crippen LogP contribution in [-0.4, -0.2) is 37.9 Å². The van der Waals surface area contributed by atoms with E-state index in [0.717, 1.165) is 89.9 Å². The Labute approximate surface area is 322 Å². The van der Waals surface area contributed by atoms with Crippen LogP contribution in [0.1, 0.15) is 213 Å². The summed E-state index contributed by atoms with van der Waals surface area (Å²) in [6.07, 6.45) is 51.3. The average Bonchev–Trinajstić information content (AvgIpc) is 3.14. The second-order valence-corrected chi connectivity index (χ2v) is 14.6. The lowest BCUT2D eigenvalue weighted by atomic mass is 10.0. The van der Waals surface area contributed by atoms with E-state index >= 15 is 0 Å². The van der Waals surface area contributed by atoms with Crippen molar-refractivity contribution in [3.05, 3.63) is 48.6 Å². The van der Waals surface area contributed by atoms with Crippen molar-refractivity contribution in [2.24, 2.45) is 0 Å². The minimum atomic E-state index is -0.537. The number of hydrogen-bond acceptors (Lipinski definition) is 5. The molecule has 0 amide bonds. The van der Waals surface area contributed by atoms with E-state index < -0.39 is 6.10 Å². The molecule has 0 aromatic heterocycles. The standard InChI is InChI=1S/C47H84O5/c1-4-7-10-13-15-17-19-21-23-24-25-26-28-30-32-35-37-40-46(48)51-44-45(52-47(49)41-38-34-12-9-6-3)43-50-42-39-36-33-31-29-27-22-20-18-16-14-11-8-5-2/h7,10,15,17,21,23,25-26,45H,4-6,8-9,11-14,16,18-20,22,24,27-44H2,1-3H3/b10-7-,17-15-,23-21-,26-25-. The van der Waals surface area contributed by atoms with E-state index in [-0.39, 0.29) is 25.2 Å². The first kappa shape index (κ1) is 49.9. The lowest BCUT2D eigenvalue weighted by Crippen LogP contribution is -2.30. The molecule has 0 radical (unpaired) electrons. The SMILES string of the molecule is CC/C=C\C/C=C\C/C=C\C/C=C\CCCCCCC(=O)OCC(COCCCCCCCCCCCCCCCC)OC(=O)CCCCCCC. The van der Waals surface area contributed by atoms with Crippen molar-refractivity contribution in [1.29, 1.82) is 0 Å². The minimum Gasteiger partial charge on any atom is -0.462 e. The van der Waals surface area contributed by atoms with E-state index in [1.165, 1.54) is 89.9 Å². The lowest BCUT2D eigenvalue weighted by Gasteiger charge is -2.18. The Morgan fingerprint density at radius 2 is 0.865 bits per heavy atom. The molecule has 0 saturated carbocycles. The quantitative estimate of drug-likeness (QED) is 0.0357. The maximum absolute atomic E-state index is 12.5. The summed E-state index contributed by atoms with van der Waals surface area (Å²) >= 11 is 0. The number of hydrogen-bond donors (Lipinski definition) is 0. The van der Waals surface area contributed by atoms with Crippen LogP contribution in [0.4, 0.5) is 0 Å². The van der Waals surface area contributed by atoms with E-state index in [9.17, 15) is 9.59 Å². The minimum absolute atomic E-state index is 0.0744. The third kappa shape index (κ3) is 40.6. The van der Waals surface area contributed by atoms with Crippen molar-refractivity contribution in [2.75, 3.05) is 19.8 Å². The van der Waals surface area contributed by atoms with Crippen LogP contribution < -0.4 is 0 Å². The highest BCUT2D eigenvalue weighted by Crippen LogP contribution is 2.14. The van der Waals surface area contributed by atoms with Crippen LogP contribution in [-0.2, 0) is 23.8 Å². The Kier molecular flexibility index (Phi) is 41.5.